The first kappa shape index (κ1) is 6.55. The van der Waals surface area contributed by atoms with Gasteiger partial charge < -0.3 is 10.1 Å². The van der Waals surface area contributed by atoms with E-state index in [2.05, 4.69) is 12.2 Å². The summed E-state index contributed by atoms with van der Waals surface area (Å²) in [7, 11) is 0. The summed E-state index contributed by atoms with van der Waals surface area (Å²) < 4.78 is 5.16. The maximum absolute atomic E-state index is 6.77. The topological polar surface area (TPSA) is 45.1 Å². The van der Waals surface area contributed by atoms with Gasteiger partial charge in [0.25, 0.3) is 0 Å². The van der Waals surface area contributed by atoms with Crippen LogP contribution in [0.5, 0.6) is 0 Å². The van der Waals surface area contributed by atoms with Crippen LogP contribution in [0.3, 0.4) is 0 Å². The first-order valence-electron chi connectivity index (χ1n) is 3.17. The third-order valence-electron chi connectivity index (χ3n) is 1.66. The zero-order valence-corrected chi connectivity index (χ0v) is 5.55. The van der Waals surface area contributed by atoms with Gasteiger partial charge >= 0.3 is 0 Å². The molecule has 0 bridgehead atoms. The lowest BCUT2D eigenvalue weighted by Crippen LogP contribution is -2.32. The molecule has 0 aliphatic carbocycles. The van der Waals surface area contributed by atoms with E-state index >= 15 is 0 Å². The quantitative estimate of drug-likeness (QED) is 0.412. The summed E-state index contributed by atoms with van der Waals surface area (Å²) in [5.41, 5.74) is 0. The molecule has 1 rings (SSSR count). The summed E-state index contributed by atoms with van der Waals surface area (Å²) in [6, 6.07) is 0.363. The minimum atomic E-state index is 0.363. The van der Waals surface area contributed by atoms with Gasteiger partial charge in [-0.1, -0.05) is 6.92 Å². The molecule has 0 spiro atoms. The lowest BCUT2D eigenvalue weighted by Gasteiger charge is -2.10. The highest BCUT2D eigenvalue weighted by Crippen LogP contribution is 2.10. The Bertz CT molecular complexity index is 105. The van der Waals surface area contributed by atoms with Crippen molar-refractivity contribution in [2.75, 3.05) is 13.2 Å². The highest BCUT2D eigenvalue weighted by Gasteiger charge is 2.22. The fraction of sp³-hybridized carbons (Fsp3) is 0.833. The van der Waals surface area contributed by atoms with Crippen LogP contribution < -0.4 is 5.32 Å². The lowest BCUT2D eigenvalue weighted by molar-refractivity contribution is 0.185. The Labute approximate surface area is 54.9 Å². The van der Waals surface area contributed by atoms with E-state index in [0.29, 0.717) is 12.0 Å². The van der Waals surface area contributed by atoms with Crippen LogP contribution >= 0.6 is 0 Å². The Balaban J connectivity index is 2.30. The van der Waals surface area contributed by atoms with E-state index in [9.17, 15) is 0 Å². The molecule has 2 atom stereocenters. The molecular weight excluding hydrogens is 116 g/mol. The van der Waals surface area contributed by atoms with E-state index in [4.69, 9.17) is 10.1 Å². The summed E-state index contributed by atoms with van der Waals surface area (Å²) in [5.74, 6) is 0.548. The average molecular weight is 128 g/mol. The van der Waals surface area contributed by atoms with Crippen LogP contribution in [0.2, 0.25) is 0 Å². The predicted molar refractivity (Wildman–Crippen MR) is 35.7 cm³/mol. The molecule has 2 unspecified atom stereocenters. The molecular formula is C6H12N2O. The van der Waals surface area contributed by atoms with Crippen molar-refractivity contribution in [3.05, 3.63) is 0 Å². The van der Waals surface area contributed by atoms with Crippen molar-refractivity contribution in [2.24, 2.45) is 5.92 Å². The predicted octanol–water partition coefficient (Wildman–Crippen LogP) is 0.218. The van der Waals surface area contributed by atoms with Gasteiger partial charge in [0.2, 0.25) is 0 Å². The van der Waals surface area contributed by atoms with E-state index in [0.717, 1.165) is 13.2 Å². The van der Waals surface area contributed by atoms with Crippen LogP contribution in [-0.2, 0) is 4.74 Å². The SMILES string of the molecule is CC1COCC1NC=N. The van der Waals surface area contributed by atoms with Gasteiger partial charge in [-0.2, -0.15) is 0 Å². The lowest BCUT2D eigenvalue weighted by atomic mass is 10.1. The minimum absolute atomic E-state index is 0.363. The van der Waals surface area contributed by atoms with Gasteiger partial charge in [0, 0.05) is 5.92 Å². The maximum atomic E-state index is 6.77. The Morgan fingerprint density at radius 3 is 2.89 bits per heavy atom. The Morgan fingerprint density at radius 2 is 2.44 bits per heavy atom. The van der Waals surface area contributed by atoms with Crippen LogP contribution in [0, 0.1) is 11.3 Å². The van der Waals surface area contributed by atoms with Crippen LogP contribution in [0.4, 0.5) is 0 Å². The molecule has 0 amide bonds. The summed E-state index contributed by atoms with van der Waals surface area (Å²) in [4.78, 5) is 0. The van der Waals surface area contributed by atoms with E-state index in [1.807, 2.05) is 0 Å². The van der Waals surface area contributed by atoms with Crippen molar-refractivity contribution in [3.63, 3.8) is 0 Å². The van der Waals surface area contributed by atoms with Gasteiger partial charge in [-0.05, 0) is 0 Å². The maximum Gasteiger partial charge on any atom is 0.0794 e. The van der Waals surface area contributed by atoms with E-state index in [1.54, 1.807) is 0 Å². The van der Waals surface area contributed by atoms with Gasteiger partial charge in [0.1, 0.15) is 0 Å². The van der Waals surface area contributed by atoms with Crippen LogP contribution in [0.15, 0.2) is 0 Å². The average Bonchev–Trinajstić information content (AvgIpc) is 2.18. The number of hydrogen-bond acceptors (Lipinski definition) is 2. The molecule has 1 heterocycles. The third-order valence-corrected chi connectivity index (χ3v) is 1.66. The molecule has 3 heteroatoms. The molecule has 0 aromatic carbocycles. The highest BCUT2D eigenvalue weighted by atomic mass is 16.5. The van der Waals surface area contributed by atoms with Crippen molar-refractivity contribution < 1.29 is 4.74 Å². The summed E-state index contributed by atoms with van der Waals surface area (Å²) in [6.45, 7) is 3.69. The molecule has 1 aliphatic heterocycles. The second-order valence-corrected chi connectivity index (χ2v) is 2.43. The summed E-state index contributed by atoms with van der Waals surface area (Å²) in [6.07, 6.45) is 1.23. The molecule has 1 saturated heterocycles. The summed E-state index contributed by atoms with van der Waals surface area (Å²) >= 11 is 0. The molecule has 9 heavy (non-hydrogen) atoms. The zero-order chi connectivity index (χ0) is 6.69. The van der Waals surface area contributed by atoms with Gasteiger partial charge in [-0.3, -0.25) is 5.41 Å². The fourth-order valence-electron chi connectivity index (χ4n) is 0.981. The van der Waals surface area contributed by atoms with Crippen molar-refractivity contribution in [1.82, 2.24) is 5.32 Å². The Hall–Kier alpha value is -0.570. The number of ether oxygens (including phenoxy) is 1. The minimum Gasteiger partial charge on any atom is -0.379 e. The number of rotatable bonds is 2. The van der Waals surface area contributed by atoms with Gasteiger partial charge in [-0.15, -0.1) is 0 Å². The van der Waals surface area contributed by atoms with Crippen LogP contribution in [0.25, 0.3) is 0 Å². The second kappa shape index (κ2) is 2.82. The number of hydrogen-bond donors (Lipinski definition) is 2. The summed E-state index contributed by atoms with van der Waals surface area (Å²) in [5, 5.41) is 9.68. The Kier molecular flexibility index (Phi) is 2.05. The molecule has 52 valence electrons. The normalized spacial score (nSPS) is 34.3. The van der Waals surface area contributed by atoms with Gasteiger partial charge in [0.15, 0.2) is 0 Å². The molecule has 1 fully saturated rings. The van der Waals surface area contributed by atoms with Crippen LogP contribution in [0.1, 0.15) is 6.92 Å². The van der Waals surface area contributed by atoms with Crippen molar-refractivity contribution in [3.8, 4) is 0 Å². The van der Waals surface area contributed by atoms with Gasteiger partial charge in [0.05, 0.1) is 25.6 Å². The first-order valence-corrected chi connectivity index (χ1v) is 3.17. The van der Waals surface area contributed by atoms with E-state index < -0.39 is 0 Å². The molecule has 1 aliphatic rings. The largest absolute Gasteiger partial charge is 0.379 e. The highest BCUT2D eigenvalue weighted by molar-refractivity contribution is 5.50. The fourth-order valence-corrected chi connectivity index (χ4v) is 0.981. The zero-order valence-electron chi connectivity index (χ0n) is 5.55. The third kappa shape index (κ3) is 1.42. The van der Waals surface area contributed by atoms with Gasteiger partial charge in [-0.25, -0.2) is 0 Å². The molecule has 0 radical (unpaired) electrons. The van der Waals surface area contributed by atoms with Crippen molar-refractivity contribution in [2.45, 2.75) is 13.0 Å². The molecule has 0 aromatic heterocycles. The monoisotopic (exact) mass is 128 g/mol. The second-order valence-electron chi connectivity index (χ2n) is 2.43. The van der Waals surface area contributed by atoms with E-state index in [1.165, 1.54) is 6.34 Å². The molecule has 0 saturated carbocycles. The molecule has 2 N–H and O–H groups in total. The smallest absolute Gasteiger partial charge is 0.0794 e. The first-order chi connectivity index (χ1) is 4.34. The van der Waals surface area contributed by atoms with Crippen LogP contribution in [-0.4, -0.2) is 25.6 Å². The number of nitrogens with one attached hydrogen (secondary N) is 2. The molecule has 3 nitrogen and oxygen atoms in total. The van der Waals surface area contributed by atoms with Crippen molar-refractivity contribution >= 4 is 6.34 Å². The molecule has 0 aromatic rings. The van der Waals surface area contributed by atoms with Crippen molar-refractivity contribution in [1.29, 1.82) is 5.41 Å². The Morgan fingerprint density at radius 1 is 1.67 bits per heavy atom. The van der Waals surface area contributed by atoms with E-state index in [-0.39, 0.29) is 0 Å². The standard InChI is InChI=1S/C6H12N2O/c1-5-2-9-3-6(5)8-4-7/h4-6H,2-3H2,1H3,(H2,7,8).